The molecule has 1 atom stereocenters. The second-order valence-corrected chi connectivity index (χ2v) is 7.50. The number of carbonyl (C=O) groups excluding carboxylic acids is 1. The quantitative estimate of drug-likeness (QED) is 0.893. The maximum absolute atomic E-state index is 12.0. The lowest BCUT2D eigenvalue weighted by molar-refractivity contribution is -0.124. The number of hydrogen-bond acceptors (Lipinski definition) is 6. The Bertz CT molecular complexity index is 754. The van der Waals surface area contributed by atoms with E-state index in [1.165, 1.54) is 6.39 Å². The molecule has 1 N–H and O–H groups in total. The van der Waals surface area contributed by atoms with Gasteiger partial charge < -0.3 is 9.84 Å². The van der Waals surface area contributed by atoms with Crippen LogP contribution in [0.15, 0.2) is 35.2 Å². The molecule has 2 aromatic rings. The Morgan fingerprint density at radius 3 is 2.68 bits per heavy atom. The van der Waals surface area contributed by atoms with E-state index >= 15 is 0 Å². The third-order valence-corrected chi connectivity index (χ3v) is 5.41. The van der Waals surface area contributed by atoms with E-state index in [4.69, 9.17) is 0 Å². The Kier molecular flexibility index (Phi) is 3.93. The summed E-state index contributed by atoms with van der Waals surface area (Å²) in [6.45, 7) is 0.363. The van der Waals surface area contributed by atoms with Crippen molar-refractivity contribution in [1.29, 1.82) is 0 Å². The topological polar surface area (TPSA) is 102 Å². The van der Waals surface area contributed by atoms with Gasteiger partial charge in [0.15, 0.2) is 9.84 Å². The average molecular weight is 321 g/mol. The van der Waals surface area contributed by atoms with Crippen molar-refractivity contribution in [2.75, 3.05) is 11.5 Å². The summed E-state index contributed by atoms with van der Waals surface area (Å²) >= 11 is 0. The Balaban J connectivity index is 1.57. The molecule has 1 aromatic heterocycles. The van der Waals surface area contributed by atoms with Crippen molar-refractivity contribution < 1.29 is 17.7 Å². The third kappa shape index (κ3) is 3.33. The first-order chi connectivity index (χ1) is 10.5. The largest absolute Gasteiger partial charge is 0.352 e. The molecule has 1 fully saturated rings. The highest BCUT2D eigenvalue weighted by Crippen LogP contribution is 2.19. The highest BCUT2D eigenvalue weighted by atomic mass is 32.2. The Morgan fingerprint density at radius 2 is 2.09 bits per heavy atom. The lowest BCUT2D eigenvalue weighted by Crippen LogP contribution is -2.30. The van der Waals surface area contributed by atoms with Gasteiger partial charge in [0.1, 0.15) is 0 Å². The lowest BCUT2D eigenvalue weighted by atomic mass is 10.1. The zero-order valence-corrected chi connectivity index (χ0v) is 12.5. The SMILES string of the molecule is O=C(NCc1ccc(-c2ncon2)cc1)C1CCS(=O)(=O)C1. The third-order valence-electron chi connectivity index (χ3n) is 3.64. The molecule has 0 spiro atoms. The fourth-order valence-corrected chi connectivity index (χ4v) is 4.15. The summed E-state index contributed by atoms with van der Waals surface area (Å²) in [6, 6.07) is 7.40. The van der Waals surface area contributed by atoms with Gasteiger partial charge in [-0.3, -0.25) is 4.79 Å². The van der Waals surface area contributed by atoms with E-state index < -0.39 is 15.8 Å². The van der Waals surface area contributed by atoms with Crippen LogP contribution in [0.1, 0.15) is 12.0 Å². The van der Waals surface area contributed by atoms with Gasteiger partial charge in [0.2, 0.25) is 18.1 Å². The van der Waals surface area contributed by atoms with Crippen molar-refractivity contribution in [3.8, 4) is 11.4 Å². The Hall–Kier alpha value is -2.22. The molecular weight excluding hydrogens is 306 g/mol. The van der Waals surface area contributed by atoms with E-state index in [-0.39, 0.29) is 17.4 Å². The van der Waals surface area contributed by atoms with E-state index in [0.29, 0.717) is 18.8 Å². The van der Waals surface area contributed by atoms with Crippen molar-refractivity contribution in [3.63, 3.8) is 0 Å². The summed E-state index contributed by atoms with van der Waals surface area (Å²) < 4.78 is 27.4. The normalized spacial score (nSPS) is 19.9. The zero-order chi connectivity index (χ0) is 15.6. The number of rotatable bonds is 4. The molecule has 0 radical (unpaired) electrons. The number of benzene rings is 1. The molecule has 0 saturated carbocycles. The van der Waals surface area contributed by atoms with E-state index in [1.807, 2.05) is 24.3 Å². The molecule has 1 amide bonds. The van der Waals surface area contributed by atoms with Crippen LogP contribution in [0.3, 0.4) is 0 Å². The molecule has 1 aliphatic heterocycles. The highest BCUT2D eigenvalue weighted by molar-refractivity contribution is 7.91. The van der Waals surface area contributed by atoms with Crippen LogP contribution < -0.4 is 5.32 Å². The van der Waals surface area contributed by atoms with Gasteiger partial charge in [-0.05, 0) is 12.0 Å². The molecule has 3 rings (SSSR count). The number of hydrogen-bond donors (Lipinski definition) is 1. The van der Waals surface area contributed by atoms with Crippen LogP contribution in [0.4, 0.5) is 0 Å². The molecule has 22 heavy (non-hydrogen) atoms. The number of amides is 1. The Morgan fingerprint density at radius 1 is 1.32 bits per heavy atom. The van der Waals surface area contributed by atoms with Gasteiger partial charge in [0.05, 0.1) is 17.4 Å². The predicted octanol–water partition coefficient (Wildman–Crippen LogP) is 0.787. The lowest BCUT2D eigenvalue weighted by Gasteiger charge is -2.09. The minimum absolute atomic E-state index is 0.0460. The molecule has 8 heteroatoms. The van der Waals surface area contributed by atoms with Crippen molar-refractivity contribution in [1.82, 2.24) is 15.5 Å². The maximum Gasteiger partial charge on any atom is 0.224 e. The van der Waals surface area contributed by atoms with Crippen LogP contribution in [0.5, 0.6) is 0 Å². The molecule has 2 heterocycles. The molecule has 116 valence electrons. The molecule has 0 aliphatic carbocycles. The van der Waals surface area contributed by atoms with Crippen LogP contribution in [-0.4, -0.2) is 36.0 Å². The number of nitrogens with one attached hydrogen (secondary N) is 1. The number of carbonyl (C=O) groups is 1. The highest BCUT2D eigenvalue weighted by Gasteiger charge is 2.32. The summed E-state index contributed by atoms with van der Waals surface area (Å²) in [7, 11) is -3.04. The Labute approximate surface area is 127 Å². The van der Waals surface area contributed by atoms with E-state index in [9.17, 15) is 13.2 Å². The summed E-state index contributed by atoms with van der Waals surface area (Å²) in [6.07, 6.45) is 1.67. The van der Waals surface area contributed by atoms with Crippen LogP contribution in [0.25, 0.3) is 11.4 Å². The van der Waals surface area contributed by atoms with Gasteiger partial charge in [0, 0.05) is 12.1 Å². The fourth-order valence-electron chi connectivity index (χ4n) is 2.40. The van der Waals surface area contributed by atoms with Crippen LogP contribution in [0, 0.1) is 5.92 Å². The smallest absolute Gasteiger partial charge is 0.224 e. The van der Waals surface area contributed by atoms with Gasteiger partial charge in [-0.25, -0.2) is 8.42 Å². The van der Waals surface area contributed by atoms with Gasteiger partial charge >= 0.3 is 0 Å². The summed E-state index contributed by atoms with van der Waals surface area (Å²) in [5, 5.41) is 6.52. The molecular formula is C14H15N3O4S. The predicted molar refractivity (Wildman–Crippen MR) is 78.3 cm³/mol. The van der Waals surface area contributed by atoms with Gasteiger partial charge in [0.25, 0.3) is 0 Å². The molecule has 1 aromatic carbocycles. The maximum atomic E-state index is 12.0. The minimum atomic E-state index is -3.04. The first kappa shape index (κ1) is 14.7. The first-order valence-corrected chi connectivity index (χ1v) is 8.69. The van der Waals surface area contributed by atoms with Crippen molar-refractivity contribution in [2.45, 2.75) is 13.0 Å². The van der Waals surface area contributed by atoms with E-state index in [1.54, 1.807) is 0 Å². The van der Waals surface area contributed by atoms with E-state index in [0.717, 1.165) is 11.1 Å². The minimum Gasteiger partial charge on any atom is -0.352 e. The van der Waals surface area contributed by atoms with Crippen molar-refractivity contribution in [3.05, 3.63) is 36.2 Å². The van der Waals surface area contributed by atoms with E-state index in [2.05, 4.69) is 20.0 Å². The number of nitrogens with zero attached hydrogens (tertiary/aromatic N) is 2. The van der Waals surface area contributed by atoms with Gasteiger partial charge in [-0.2, -0.15) is 4.98 Å². The number of aromatic nitrogens is 2. The monoisotopic (exact) mass is 321 g/mol. The summed E-state index contributed by atoms with van der Waals surface area (Å²) in [5.74, 6) is -0.0706. The second-order valence-electron chi connectivity index (χ2n) is 5.27. The fraction of sp³-hybridized carbons (Fsp3) is 0.357. The van der Waals surface area contributed by atoms with Crippen molar-refractivity contribution in [2.24, 2.45) is 5.92 Å². The summed E-state index contributed by atoms with van der Waals surface area (Å²) in [5.41, 5.74) is 1.74. The molecule has 1 saturated heterocycles. The molecule has 7 nitrogen and oxygen atoms in total. The standard InChI is InChI=1S/C14H15N3O4S/c18-14(12-5-6-22(19,20)8-12)15-7-10-1-3-11(4-2-10)13-16-9-21-17-13/h1-4,9,12H,5-8H2,(H,15,18). The van der Waals surface area contributed by atoms with Crippen LogP contribution in [0.2, 0.25) is 0 Å². The molecule has 1 aliphatic rings. The molecule has 0 bridgehead atoms. The first-order valence-electron chi connectivity index (χ1n) is 6.87. The van der Waals surface area contributed by atoms with Crippen LogP contribution in [-0.2, 0) is 21.2 Å². The average Bonchev–Trinajstić information content (AvgIpc) is 3.15. The zero-order valence-electron chi connectivity index (χ0n) is 11.7. The summed E-state index contributed by atoms with van der Waals surface area (Å²) in [4.78, 5) is 15.9. The van der Waals surface area contributed by atoms with Gasteiger partial charge in [-0.15, -0.1) is 0 Å². The molecule has 1 unspecified atom stereocenters. The van der Waals surface area contributed by atoms with Crippen molar-refractivity contribution >= 4 is 15.7 Å². The van der Waals surface area contributed by atoms with Crippen LogP contribution >= 0.6 is 0 Å². The number of sulfone groups is 1. The van der Waals surface area contributed by atoms with Gasteiger partial charge in [-0.1, -0.05) is 29.4 Å². The second kappa shape index (κ2) is 5.88.